The second kappa shape index (κ2) is 5.36. The zero-order valence-corrected chi connectivity index (χ0v) is 11.8. The minimum absolute atomic E-state index is 0.0124. The van der Waals surface area contributed by atoms with Crippen molar-refractivity contribution in [3.05, 3.63) is 63.6 Å². The van der Waals surface area contributed by atoms with E-state index in [-0.39, 0.29) is 5.78 Å². The third-order valence-electron chi connectivity index (χ3n) is 2.73. The number of hydrogen-bond donors (Lipinski definition) is 0. The fourth-order valence-corrected chi connectivity index (χ4v) is 2.22. The Morgan fingerprint density at radius 3 is 2.22 bits per heavy atom. The molecule has 92 valence electrons. The van der Waals surface area contributed by atoms with Gasteiger partial charge in [-0.1, -0.05) is 29.8 Å². The van der Waals surface area contributed by atoms with Crippen molar-refractivity contribution >= 4 is 21.7 Å². The Morgan fingerprint density at radius 2 is 1.67 bits per heavy atom. The predicted molar refractivity (Wildman–Crippen MR) is 75.3 cm³/mol. The maximum absolute atomic E-state index is 12.2. The quantitative estimate of drug-likeness (QED) is 0.801. The van der Waals surface area contributed by atoms with E-state index in [9.17, 15) is 4.79 Å². The number of rotatable bonds is 3. The van der Waals surface area contributed by atoms with E-state index < -0.39 is 0 Å². The van der Waals surface area contributed by atoms with Crippen LogP contribution in [0.4, 0.5) is 0 Å². The summed E-state index contributed by atoms with van der Waals surface area (Å²) in [7, 11) is 1.60. The molecule has 0 spiro atoms. The van der Waals surface area contributed by atoms with Gasteiger partial charge in [0, 0.05) is 11.1 Å². The Kier molecular flexibility index (Phi) is 3.82. The van der Waals surface area contributed by atoms with E-state index in [1.807, 2.05) is 31.2 Å². The minimum Gasteiger partial charge on any atom is -0.496 e. The van der Waals surface area contributed by atoms with Gasteiger partial charge in [0.1, 0.15) is 5.75 Å². The van der Waals surface area contributed by atoms with Gasteiger partial charge in [-0.05, 0) is 41.1 Å². The van der Waals surface area contributed by atoms with E-state index in [4.69, 9.17) is 4.74 Å². The van der Waals surface area contributed by atoms with Crippen molar-refractivity contribution in [1.29, 1.82) is 0 Å². The van der Waals surface area contributed by atoms with Crippen LogP contribution in [-0.4, -0.2) is 12.9 Å². The standard InChI is InChI=1S/C15H13BrO2/c1-10-3-5-11(6-4-10)15(17)12-7-8-14(18-2)13(16)9-12/h3-9H,1-2H3. The number of halogens is 1. The molecule has 0 N–H and O–H groups in total. The molecule has 2 rings (SSSR count). The molecule has 0 heterocycles. The van der Waals surface area contributed by atoms with Gasteiger partial charge in [0.15, 0.2) is 5.78 Å². The van der Waals surface area contributed by atoms with E-state index in [0.717, 1.165) is 15.8 Å². The second-order valence-electron chi connectivity index (χ2n) is 4.04. The number of hydrogen-bond acceptors (Lipinski definition) is 2. The lowest BCUT2D eigenvalue weighted by atomic mass is 10.0. The highest BCUT2D eigenvalue weighted by Crippen LogP contribution is 2.26. The molecule has 18 heavy (non-hydrogen) atoms. The minimum atomic E-state index is 0.0124. The van der Waals surface area contributed by atoms with Gasteiger partial charge in [0.05, 0.1) is 11.6 Å². The first-order valence-electron chi connectivity index (χ1n) is 5.56. The summed E-state index contributed by atoms with van der Waals surface area (Å²) in [5.74, 6) is 0.730. The molecule has 0 saturated heterocycles. The SMILES string of the molecule is COc1ccc(C(=O)c2ccc(C)cc2)cc1Br. The van der Waals surface area contributed by atoms with Crippen LogP contribution in [0.3, 0.4) is 0 Å². The van der Waals surface area contributed by atoms with Crippen LogP contribution >= 0.6 is 15.9 Å². The molecule has 0 aliphatic rings. The normalized spacial score (nSPS) is 10.2. The molecule has 0 saturated carbocycles. The largest absolute Gasteiger partial charge is 0.496 e. The zero-order valence-electron chi connectivity index (χ0n) is 10.2. The number of carbonyl (C=O) groups is 1. The fraction of sp³-hybridized carbons (Fsp3) is 0.133. The highest BCUT2D eigenvalue weighted by atomic mass is 79.9. The summed E-state index contributed by atoms with van der Waals surface area (Å²) < 4.78 is 5.92. The summed E-state index contributed by atoms with van der Waals surface area (Å²) in [4.78, 5) is 12.2. The summed E-state index contributed by atoms with van der Waals surface area (Å²) in [6.45, 7) is 2.00. The summed E-state index contributed by atoms with van der Waals surface area (Å²) >= 11 is 3.38. The summed E-state index contributed by atoms with van der Waals surface area (Å²) in [6, 6.07) is 12.9. The summed E-state index contributed by atoms with van der Waals surface area (Å²) in [5, 5.41) is 0. The van der Waals surface area contributed by atoms with Gasteiger partial charge in [0.2, 0.25) is 0 Å². The fourth-order valence-electron chi connectivity index (χ4n) is 1.68. The number of carbonyl (C=O) groups excluding carboxylic acids is 1. The van der Waals surface area contributed by atoms with Crippen LogP contribution in [0, 0.1) is 6.92 Å². The lowest BCUT2D eigenvalue weighted by Crippen LogP contribution is -2.01. The lowest BCUT2D eigenvalue weighted by Gasteiger charge is -2.06. The molecule has 0 unspecified atom stereocenters. The lowest BCUT2D eigenvalue weighted by molar-refractivity contribution is 0.103. The third kappa shape index (κ3) is 2.62. The van der Waals surface area contributed by atoms with Crippen LogP contribution in [0.1, 0.15) is 21.5 Å². The molecule has 0 aliphatic carbocycles. The van der Waals surface area contributed by atoms with Gasteiger partial charge >= 0.3 is 0 Å². The van der Waals surface area contributed by atoms with Crippen LogP contribution in [0.5, 0.6) is 5.75 Å². The highest BCUT2D eigenvalue weighted by Gasteiger charge is 2.10. The zero-order chi connectivity index (χ0) is 13.1. The first-order valence-corrected chi connectivity index (χ1v) is 6.36. The van der Waals surface area contributed by atoms with Gasteiger partial charge < -0.3 is 4.74 Å². The van der Waals surface area contributed by atoms with Gasteiger partial charge in [-0.15, -0.1) is 0 Å². The number of methoxy groups -OCH3 is 1. The molecule has 0 radical (unpaired) electrons. The average molecular weight is 305 g/mol. The van der Waals surface area contributed by atoms with Crippen molar-refractivity contribution in [2.45, 2.75) is 6.92 Å². The molecule has 3 heteroatoms. The van der Waals surface area contributed by atoms with Crippen molar-refractivity contribution in [3.63, 3.8) is 0 Å². The smallest absolute Gasteiger partial charge is 0.193 e. The first-order chi connectivity index (χ1) is 8.61. The van der Waals surface area contributed by atoms with Crippen LogP contribution < -0.4 is 4.74 Å². The Labute approximate surface area is 115 Å². The maximum atomic E-state index is 12.2. The predicted octanol–water partition coefficient (Wildman–Crippen LogP) is 4.00. The molecular formula is C15H13BrO2. The second-order valence-corrected chi connectivity index (χ2v) is 4.90. The summed E-state index contributed by atoms with van der Waals surface area (Å²) in [6.07, 6.45) is 0. The van der Waals surface area contributed by atoms with Gasteiger partial charge in [-0.25, -0.2) is 0 Å². The number of ketones is 1. The maximum Gasteiger partial charge on any atom is 0.193 e. The number of benzene rings is 2. The van der Waals surface area contributed by atoms with Crippen molar-refractivity contribution in [2.24, 2.45) is 0 Å². The first kappa shape index (κ1) is 12.8. The topological polar surface area (TPSA) is 26.3 Å². The van der Waals surface area contributed by atoms with Gasteiger partial charge in [-0.2, -0.15) is 0 Å². The van der Waals surface area contributed by atoms with Crippen molar-refractivity contribution in [1.82, 2.24) is 0 Å². The van der Waals surface area contributed by atoms with E-state index in [2.05, 4.69) is 15.9 Å². The van der Waals surface area contributed by atoms with Crippen LogP contribution in [0.2, 0.25) is 0 Å². The monoisotopic (exact) mass is 304 g/mol. The number of ether oxygens (including phenoxy) is 1. The Balaban J connectivity index is 2.34. The van der Waals surface area contributed by atoms with E-state index >= 15 is 0 Å². The molecule has 0 amide bonds. The molecule has 2 nitrogen and oxygen atoms in total. The van der Waals surface area contributed by atoms with Crippen LogP contribution in [0.25, 0.3) is 0 Å². The molecule has 2 aromatic rings. The molecule has 0 aliphatic heterocycles. The van der Waals surface area contributed by atoms with E-state index in [1.54, 1.807) is 25.3 Å². The average Bonchev–Trinajstić information content (AvgIpc) is 2.38. The van der Waals surface area contributed by atoms with Crippen molar-refractivity contribution < 1.29 is 9.53 Å². The third-order valence-corrected chi connectivity index (χ3v) is 3.35. The Hall–Kier alpha value is -1.61. The Morgan fingerprint density at radius 1 is 1.06 bits per heavy atom. The van der Waals surface area contributed by atoms with Crippen LogP contribution in [0.15, 0.2) is 46.9 Å². The van der Waals surface area contributed by atoms with E-state index in [1.165, 1.54) is 0 Å². The number of aryl methyl sites for hydroxylation is 1. The molecular weight excluding hydrogens is 292 g/mol. The highest BCUT2D eigenvalue weighted by molar-refractivity contribution is 9.10. The molecule has 0 bridgehead atoms. The van der Waals surface area contributed by atoms with Crippen molar-refractivity contribution in [3.8, 4) is 5.75 Å². The van der Waals surface area contributed by atoms with Crippen LogP contribution in [-0.2, 0) is 0 Å². The van der Waals surface area contributed by atoms with Gasteiger partial charge in [0.25, 0.3) is 0 Å². The molecule has 2 aromatic carbocycles. The van der Waals surface area contributed by atoms with E-state index in [0.29, 0.717) is 11.1 Å². The van der Waals surface area contributed by atoms with Crippen molar-refractivity contribution in [2.75, 3.05) is 7.11 Å². The Bertz CT molecular complexity index is 574. The summed E-state index contributed by atoms with van der Waals surface area (Å²) in [5.41, 5.74) is 2.48. The van der Waals surface area contributed by atoms with Gasteiger partial charge in [-0.3, -0.25) is 4.79 Å². The molecule has 0 atom stereocenters. The molecule has 0 aromatic heterocycles. The molecule has 0 fully saturated rings.